The van der Waals surface area contributed by atoms with Crippen molar-refractivity contribution in [3.63, 3.8) is 0 Å². The van der Waals surface area contributed by atoms with Crippen LogP contribution in [0.25, 0.3) is 0 Å². The first-order valence-electron chi connectivity index (χ1n) is 8.65. The zero-order valence-electron chi connectivity index (χ0n) is 12.9. The Morgan fingerprint density at radius 1 is 0.857 bits per heavy atom. The molecule has 0 saturated heterocycles. The molecule has 1 heteroatoms. The van der Waals surface area contributed by atoms with E-state index in [1.54, 1.807) is 12.1 Å². The summed E-state index contributed by atoms with van der Waals surface area (Å²) < 4.78 is 13.9. The van der Waals surface area contributed by atoms with E-state index in [9.17, 15) is 4.39 Å². The van der Waals surface area contributed by atoms with Crippen LogP contribution in [0.5, 0.6) is 0 Å². The second-order valence-corrected chi connectivity index (χ2v) is 7.04. The molecule has 0 N–H and O–H groups in total. The molecule has 0 unspecified atom stereocenters. The third-order valence-corrected chi connectivity index (χ3v) is 5.93. The highest BCUT2D eigenvalue weighted by atomic mass is 19.1. The Morgan fingerprint density at radius 3 is 2.00 bits per heavy atom. The Bertz CT molecular complexity index is 462. The molecule has 0 bridgehead atoms. The summed E-state index contributed by atoms with van der Waals surface area (Å²) >= 11 is 0. The van der Waals surface area contributed by atoms with Gasteiger partial charge < -0.3 is 0 Å². The summed E-state index contributed by atoms with van der Waals surface area (Å²) in [4.78, 5) is 0. The minimum absolute atomic E-state index is 0.00700. The highest BCUT2D eigenvalue weighted by molar-refractivity contribution is 5.22. The third kappa shape index (κ3) is 3.39. The molecule has 2 aliphatic carbocycles. The SMILES string of the molecule is C=CC1CCC(C2CCC(c3ccccc3F)CC2)CC1. The van der Waals surface area contributed by atoms with Gasteiger partial charge in [-0.3, -0.25) is 0 Å². The third-order valence-electron chi connectivity index (χ3n) is 5.93. The summed E-state index contributed by atoms with van der Waals surface area (Å²) in [6, 6.07) is 7.36. The van der Waals surface area contributed by atoms with E-state index in [4.69, 9.17) is 0 Å². The second-order valence-electron chi connectivity index (χ2n) is 7.04. The molecule has 2 saturated carbocycles. The maximum atomic E-state index is 13.9. The first kappa shape index (κ1) is 14.8. The minimum atomic E-state index is -0.00700. The van der Waals surface area contributed by atoms with E-state index in [-0.39, 0.29) is 5.82 Å². The molecular formula is C20H27F. The van der Waals surface area contributed by atoms with Crippen molar-refractivity contribution in [1.29, 1.82) is 0 Å². The topological polar surface area (TPSA) is 0 Å². The van der Waals surface area contributed by atoms with Crippen molar-refractivity contribution in [2.75, 3.05) is 0 Å². The van der Waals surface area contributed by atoms with Crippen molar-refractivity contribution in [3.05, 3.63) is 48.3 Å². The van der Waals surface area contributed by atoms with Gasteiger partial charge in [0.05, 0.1) is 0 Å². The quantitative estimate of drug-likeness (QED) is 0.590. The lowest BCUT2D eigenvalue weighted by Gasteiger charge is -2.37. The first-order valence-corrected chi connectivity index (χ1v) is 8.65. The Balaban J connectivity index is 1.54. The minimum Gasteiger partial charge on any atom is -0.207 e. The average Bonchev–Trinajstić information content (AvgIpc) is 2.56. The van der Waals surface area contributed by atoms with Crippen LogP contribution in [0.1, 0.15) is 62.8 Å². The lowest BCUT2D eigenvalue weighted by atomic mass is 9.68. The van der Waals surface area contributed by atoms with Gasteiger partial charge in [0.2, 0.25) is 0 Å². The van der Waals surface area contributed by atoms with Gasteiger partial charge in [-0.15, -0.1) is 6.58 Å². The van der Waals surface area contributed by atoms with E-state index in [1.807, 2.05) is 12.1 Å². The molecule has 0 spiro atoms. The molecule has 1 aromatic carbocycles. The number of halogens is 1. The van der Waals surface area contributed by atoms with Crippen LogP contribution in [0.15, 0.2) is 36.9 Å². The normalized spacial score (nSPS) is 33.6. The second kappa shape index (κ2) is 6.77. The predicted octanol–water partition coefficient (Wildman–Crippen LogP) is 6.09. The molecule has 2 fully saturated rings. The van der Waals surface area contributed by atoms with Crippen molar-refractivity contribution in [2.24, 2.45) is 17.8 Å². The number of hydrogen-bond donors (Lipinski definition) is 0. The van der Waals surface area contributed by atoms with Crippen molar-refractivity contribution >= 4 is 0 Å². The Labute approximate surface area is 128 Å². The van der Waals surface area contributed by atoms with Gasteiger partial charge in [-0.1, -0.05) is 24.3 Å². The summed E-state index contributed by atoms with van der Waals surface area (Å²) in [5.41, 5.74) is 0.950. The lowest BCUT2D eigenvalue weighted by molar-refractivity contribution is 0.171. The number of benzene rings is 1. The van der Waals surface area contributed by atoms with E-state index >= 15 is 0 Å². The number of rotatable bonds is 3. The molecule has 21 heavy (non-hydrogen) atoms. The fraction of sp³-hybridized carbons (Fsp3) is 0.600. The van der Waals surface area contributed by atoms with E-state index in [1.165, 1.54) is 51.4 Å². The highest BCUT2D eigenvalue weighted by Gasteiger charge is 2.31. The molecular weight excluding hydrogens is 259 g/mol. The standard InChI is InChI=1S/C20H27F/c1-2-15-7-9-16(10-8-15)17-11-13-18(14-12-17)19-5-3-4-6-20(19)21/h2-6,15-18H,1,7-14H2. The summed E-state index contributed by atoms with van der Waals surface area (Å²) in [6.45, 7) is 3.94. The van der Waals surface area contributed by atoms with Gasteiger partial charge in [-0.05, 0) is 86.7 Å². The van der Waals surface area contributed by atoms with Gasteiger partial charge in [0.1, 0.15) is 5.82 Å². The summed E-state index contributed by atoms with van der Waals surface area (Å²) in [6.07, 6.45) is 12.5. The molecule has 0 aliphatic heterocycles. The van der Waals surface area contributed by atoms with Crippen molar-refractivity contribution in [3.8, 4) is 0 Å². The van der Waals surface area contributed by atoms with Crippen molar-refractivity contribution in [1.82, 2.24) is 0 Å². The largest absolute Gasteiger partial charge is 0.207 e. The molecule has 0 aromatic heterocycles. The van der Waals surface area contributed by atoms with E-state index in [0.717, 1.165) is 23.3 Å². The van der Waals surface area contributed by atoms with E-state index in [0.29, 0.717) is 5.92 Å². The predicted molar refractivity (Wildman–Crippen MR) is 86.7 cm³/mol. The molecule has 0 radical (unpaired) electrons. The molecule has 114 valence electrons. The zero-order valence-corrected chi connectivity index (χ0v) is 12.9. The summed E-state index contributed by atoms with van der Waals surface area (Å²) in [5, 5.41) is 0. The smallest absolute Gasteiger partial charge is 0.126 e. The van der Waals surface area contributed by atoms with Gasteiger partial charge in [-0.2, -0.15) is 0 Å². The molecule has 1 aromatic rings. The van der Waals surface area contributed by atoms with Crippen LogP contribution in [-0.2, 0) is 0 Å². The fourth-order valence-electron chi connectivity index (χ4n) is 4.56. The fourth-order valence-corrected chi connectivity index (χ4v) is 4.56. The van der Waals surface area contributed by atoms with Crippen LogP contribution < -0.4 is 0 Å². The van der Waals surface area contributed by atoms with Crippen LogP contribution in [0.4, 0.5) is 4.39 Å². The molecule has 2 aliphatic rings. The highest BCUT2D eigenvalue weighted by Crippen LogP contribution is 2.44. The number of allylic oxidation sites excluding steroid dienone is 1. The maximum Gasteiger partial charge on any atom is 0.126 e. The Kier molecular flexibility index (Phi) is 4.77. The maximum absolute atomic E-state index is 13.9. The zero-order chi connectivity index (χ0) is 14.7. The van der Waals surface area contributed by atoms with Crippen LogP contribution >= 0.6 is 0 Å². The molecule has 0 heterocycles. The van der Waals surface area contributed by atoms with Gasteiger partial charge in [-0.25, -0.2) is 4.39 Å². The Hall–Kier alpha value is -1.11. The van der Waals surface area contributed by atoms with Gasteiger partial charge in [0.25, 0.3) is 0 Å². The van der Waals surface area contributed by atoms with Gasteiger partial charge >= 0.3 is 0 Å². The van der Waals surface area contributed by atoms with E-state index in [2.05, 4.69) is 12.7 Å². The summed E-state index contributed by atoms with van der Waals surface area (Å²) in [5.74, 6) is 3.01. The summed E-state index contributed by atoms with van der Waals surface area (Å²) in [7, 11) is 0. The van der Waals surface area contributed by atoms with Crippen molar-refractivity contribution < 1.29 is 4.39 Å². The average molecular weight is 286 g/mol. The van der Waals surface area contributed by atoms with Crippen LogP contribution in [0.2, 0.25) is 0 Å². The van der Waals surface area contributed by atoms with Crippen molar-refractivity contribution in [2.45, 2.75) is 57.3 Å². The van der Waals surface area contributed by atoms with Crippen LogP contribution in [0.3, 0.4) is 0 Å². The van der Waals surface area contributed by atoms with Crippen LogP contribution in [-0.4, -0.2) is 0 Å². The first-order chi connectivity index (χ1) is 10.3. The molecule has 0 atom stereocenters. The monoisotopic (exact) mass is 286 g/mol. The van der Waals surface area contributed by atoms with Gasteiger partial charge in [0, 0.05) is 0 Å². The van der Waals surface area contributed by atoms with Crippen LogP contribution in [0, 0.1) is 23.6 Å². The molecule has 0 amide bonds. The van der Waals surface area contributed by atoms with Gasteiger partial charge in [0.15, 0.2) is 0 Å². The molecule has 3 rings (SSSR count). The number of hydrogen-bond acceptors (Lipinski definition) is 0. The molecule has 0 nitrogen and oxygen atoms in total. The Morgan fingerprint density at radius 2 is 1.43 bits per heavy atom. The van der Waals surface area contributed by atoms with E-state index < -0.39 is 0 Å². The lowest BCUT2D eigenvalue weighted by Crippen LogP contribution is -2.25.